The van der Waals surface area contributed by atoms with Gasteiger partial charge in [-0.25, -0.2) is 0 Å². The minimum atomic E-state index is -0.879. The first-order valence-electron chi connectivity index (χ1n) is 6.42. The van der Waals surface area contributed by atoms with Crippen molar-refractivity contribution in [1.82, 2.24) is 14.9 Å². The van der Waals surface area contributed by atoms with Crippen molar-refractivity contribution in [3.8, 4) is 0 Å². The highest BCUT2D eigenvalue weighted by Crippen LogP contribution is 2.35. The molecule has 1 aromatic rings. The van der Waals surface area contributed by atoms with Gasteiger partial charge in [0, 0.05) is 0 Å². The number of carboxylic acids is 1. The van der Waals surface area contributed by atoms with Gasteiger partial charge in [-0.3, -0.25) is 9.59 Å². The first-order chi connectivity index (χ1) is 9.06. The first-order valence-corrected chi connectivity index (χ1v) is 7.19. The Hall–Kier alpha value is -1.50. The van der Waals surface area contributed by atoms with Gasteiger partial charge in [-0.1, -0.05) is 17.8 Å². The van der Waals surface area contributed by atoms with E-state index < -0.39 is 11.5 Å². The summed E-state index contributed by atoms with van der Waals surface area (Å²) in [7, 11) is 0. The lowest BCUT2D eigenvalue weighted by atomic mass is 9.74. The van der Waals surface area contributed by atoms with E-state index in [-0.39, 0.29) is 12.3 Å². The van der Waals surface area contributed by atoms with Crippen molar-refractivity contribution in [2.24, 2.45) is 0 Å². The molecule has 0 atom stereocenters. The number of nitrogens with one attached hydrogen (secondary N) is 1. The normalized spacial score (nSPS) is 16.7. The van der Waals surface area contributed by atoms with Crippen LogP contribution in [0.5, 0.6) is 0 Å². The first kappa shape index (κ1) is 13.9. The smallest absolute Gasteiger partial charge is 0.305 e. The van der Waals surface area contributed by atoms with Gasteiger partial charge in [0.15, 0.2) is 0 Å². The summed E-state index contributed by atoms with van der Waals surface area (Å²) in [5.41, 5.74) is 0.130. The van der Waals surface area contributed by atoms with E-state index in [0.29, 0.717) is 17.0 Å². The minimum absolute atomic E-state index is 0.0198. The largest absolute Gasteiger partial charge is 0.481 e. The minimum Gasteiger partial charge on any atom is -0.481 e. The van der Waals surface area contributed by atoms with Gasteiger partial charge < -0.3 is 10.4 Å². The fourth-order valence-corrected chi connectivity index (χ4v) is 2.92. The van der Waals surface area contributed by atoms with Crippen LogP contribution in [0, 0.1) is 0 Å². The SMILES string of the molecule is CCCc1nnsc1C(=O)NC1(CC(=O)O)CCC1. The molecule has 19 heavy (non-hydrogen) atoms. The van der Waals surface area contributed by atoms with Crippen LogP contribution < -0.4 is 5.32 Å². The number of carbonyl (C=O) groups is 2. The molecular formula is C12H17N3O3S. The summed E-state index contributed by atoms with van der Waals surface area (Å²) in [6.07, 6.45) is 3.99. The van der Waals surface area contributed by atoms with E-state index in [4.69, 9.17) is 5.11 Å². The highest BCUT2D eigenvalue weighted by Gasteiger charge is 2.41. The predicted octanol–water partition coefficient (Wildman–Crippen LogP) is 1.62. The Bertz CT molecular complexity index is 482. The highest BCUT2D eigenvalue weighted by atomic mass is 32.1. The molecular weight excluding hydrogens is 266 g/mol. The lowest BCUT2D eigenvalue weighted by Gasteiger charge is -2.41. The van der Waals surface area contributed by atoms with Crippen LogP contribution >= 0.6 is 11.5 Å². The number of carboxylic acid groups (broad SMARTS) is 1. The molecule has 0 radical (unpaired) electrons. The van der Waals surface area contributed by atoms with Crippen molar-refractivity contribution < 1.29 is 14.7 Å². The van der Waals surface area contributed by atoms with Gasteiger partial charge in [0.25, 0.3) is 5.91 Å². The summed E-state index contributed by atoms with van der Waals surface area (Å²) in [5, 5.41) is 15.7. The van der Waals surface area contributed by atoms with Crippen LogP contribution in [0.15, 0.2) is 0 Å². The second-order valence-corrected chi connectivity index (χ2v) is 5.71. The van der Waals surface area contributed by atoms with Crippen molar-refractivity contribution in [2.45, 2.75) is 51.0 Å². The van der Waals surface area contributed by atoms with Crippen LogP contribution in [0.4, 0.5) is 0 Å². The molecule has 1 amide bonds. The molecule has 2 N–H and O–H groups in total. The Morgan fingerprint density at radius 3 is 2.74 bits per heavy atom. The third kappa shape index (κ3) is 3.09. The van der Waals surface area contributed by atoms with Gasteiger partial charge >= 0.3 is 5.97 Å². The molecule has 1 heterocycles. The summed E-state index contributed by atoms with van der Waals surface area (Å²) >= 11 is 1.07. The van der Waals surface area contributed by atoms with Crippen LogP contribution in [-0.4, -0.2) is 32.1 Å². The second kappa shape index (κ2) is 5.64. The third-order valence-corrected chi connectivity index (χ3v) is 4.19. The standard InChI is InChI=1S/C12H17N3O3S/c1-2-4-8-10(19-15-14-8)11(18)13-12(5-3-6-12)7-9(16)17/h2-7H2,1H3,(H,13,18)(H,16,17). The number of aliphatic carboxylic acids is 1. The molecule has 0 aliphatic heterocycles. The van der Waals surface area contributed by atoms with Gasteiger partial charge in [-0.05, 0) is 37.2 Å². The van der Waals surface area contributed by atoms with Crippen LogP contribution in [0.3, 0.4) is 0 Å². The average molecular weight is 283 g/mol. The number of aromatic nitrogens is 2. The summed E-state index contributed by atoms with van der Waals surface area (Å²) in [6.45, 7) is 2.01. The molecule has 2 rings (SSSR count). The van der Waals surface area contributed by atoms with Gasteiger partial charge in [0.05, 0.1) is 17.7 Å². The molecule has 0 aromatic carbocycles. The van der Waals surface area contributed by atoms with Crippen LogP contribution in [0.25, 0.3) is 0 Å². The van der Waals surface area contributed by atoms with Crippen molar-refractivity contribution in [3.63, 3.8) is 0 Å². The van der Waals surface area contributed by atoms with E-state index in [1.54, 1.807) is 0 Å². The topological polar surface area (TPSA) is 92.2 Å². The Morgan fingerprint density at radius 1 is 1.47 bits per heavy atom. The lowest BCUT2D eigenvalue weighted by molar-refractivity contribution is -0.139. The van der Waals surface area contributed by atoms with Gasteiger partial charge in [0.1, 0.15) is 4.88 Å². The van der Waals surface area contributed by atoms with Gasteiger partial charge in [-0.15, -0.1) is 5.10 Å². The second-order valence-electron chi connectivity index (χ2n) is 4.96. The van der Waals surface area contributed by atoms with E-state index in [2.05, 4.69) is 14.9 Å². The maximum absolute atomic E-state index is 12.2. The predicted molar refractivity (Wildman–Crippen MR) is 70.2 cm³/mol. The van der Waals surface area contributed by atoms with Gasteiger partial charge in [0.2, 0.25) is 0 Å². The van der Waals surface area contributed by atoms with Crippen LogP contribution in [0.1, 0.15) is 54.4 Å². The molecule has 0 bridgehead atoms. The quantitative estimate of drug-likeness (QED) is 0.827. The number of hydrogen-bond acceptors (Lipinski definition) is 5. The molecule has 1 aliphatic carbocycles. The molecule has 0 saturated heterocycles. The number of carbonyl (C=O) groups excluding carboxylic acids is 1. The maximum Gasteiger partial charge on any atom is 0.305 e. The number of aryl methyl sites for hydroxylation is 1. The zero-order valence-corrected chi connectivity index (χ0v) is 11.6. The van der Waals surface area contributed by atoms with E-state index >= 15 is 0 Å². The summed E-state index contributed by atoms with van der Waals surface area (Å²) in [5.74, 6) is -1.12. The Morgan fingerprint density at radius 2 is 2.21 bits per heavy atom. The average Bonchev–Trinajstić information content (AvgIpc) is 2.74. The van der Waals surface area contributed by atoms with E-state index in [1.165, 1.54) is 0 Å². The van der Waals surface area contributed by atoms with Gasteiger partial charge in [-0.2, -0.15) is 0 Å². The fraction of sp³-hybridized carbons (Fsp3) is 0.667. The zero-order chi connectivity index (χ0) is 13.9. The third-order valence-electron chi connectivity index (χ3n) is 3.43. The molecule has 1 aromatic heterocycles. The Labute approximate surface area is 115 Å². The highest BCUT2D eigenvalue weighted by molar-refractivity contribution is 7.08. The Balaban J connectivity index is 2.07. The Kier molecular flexibility index (Phi) is 4.14. The number of rotatable bonds is 6. The summed E-state index contributed by atoms with van der Waals surface area (Å²) in [6, 6.07) is 0. The molecule has 1 fully saturated rings. The molecule has 0 unspecified atom stereocenters. The van der Waals surface area contributed by atoms with Crippen molar-refractivity contribution in [2.75, 3.05) is 0 Å². The fourth-order valence-electron chi connectivity index (χ4n) is 2.32. The van der Waals surface area contributed by atoms with E-state index in [0.717, 1.165) is 37.2 Å². The van der Waals surface area contributed by atoms with E-state index in [9.17, 15) is 9.59 Å². The monoisotopic (exact) mass is 283 g/mol. The van der Waals surface area contributed by atoms with Crippen LogP contribution in [-0.2, 0) is 11.2 Å². The maximum atomic E-state index is 12.2. The summed E-state index contributed by atoms with van der Waals surface area (Å²) in [4.78, 5) is 23.6. The molecule has 1 saturated carbocycles. The lowest BCUT2D eigenvalue weighted by Crippen LogP contribution is -2.54. The molecule has 1 aliphatic rings. The number of hydrogen-bond donors (Lipinski definition) is 2. The van der Waals surface area contributed by atoms with E-state index in [1.807, 2.05) is 6.92 Å². The molecule has 7 heteroatoms. The molecule has 0 spiro atoms. The van der Waals surface area contributed by atoms with Crippen molar-refractivity contribution in [3.05, 3.63) is 10.6 Å². The molecule has 6 nitrogen and oxygen atoms in total. The molecule has 104 valence electrons. The number of amides is 1. The van der Waals surface area contributed by atoms with Crippen molar-refractivity contribution in [1.29, 1.82) is 0 Å². The van der Waals surface area contributed by atoms with Crippen LogP contribution in [0.2, 0.25) is 0 Å². The van der Waals surface area contributed by atoms with Crippen molar-refractivity contribution >= 4 is 23.4 Å². The summed E-state index contributed by atoms with van der Waals surface area (Å²) < 4.78 is 3.81. The number of nitrogens with zero attached hydrogens (tertiary/aromatic N) is 2. The zero-order valence-electron chi connectivity index (χ0n) is 10.8.